The normalized spacial score (nSPS) is 49.8. The van der Waals surface area contributed by atoms with Crippen LogP contribution in [0.3, 0.4) is 0 Å². The molecule has 0 saturated carbocycles. The second kappa shape index (κ2) is 10.6. The van der Waals surface area contributed by atoms with Crippen LogP contribution >= 0.6 is 0 Å². The van der Waals surface area contributed by atoms with Gasteiger partial charge in [0, 0.05) is 13.1 Å². The van der Waals surface area contributed by atoms with Gasteiger partial charge in [-0.15, -0.1) is 0 Å². The Kier molecular flexibility index (Phi) is 8.56. The van der Waals surface area contributed by atoms with Gasteiger partial charge in [-0.25, -0.2) is 0 Å². The minimum Gasteiger partial charge on any atom is -0.394 e. The first-order valence-electron chi connectivity index (χ1n) is 10.00. The molecule has 3 fully saturated rings. The Labute approximate surface area is 177 Å². The van der Waals surface area contributed by atoms with Gasteiger partial charge in [-0.05, 0) is 0 Å². The molecule has 0 unspecified atom stereocenters. The van der Waals surface area contributed by atoms with Crippen LogP contribution in [0.1, 0.15) is 0 Å². The molecule has 0 aromatic rings. The van der Waals surface area contributed by atoms with Crippen molar-refractivity contribution in [1.29, 1.82) is 0 Å². The quantitative estimate of drug-likeness (QED) is 0.179. The Hall–Kier alpha value is -0.560. The summed E-state index contributed by atoms with van der Waals surface area (Å²) in [6.07, 6.45) is -19.2. The maximum absolute atomic E-state index is 10.5. The summed E-state index contributed by atoms with van der Waals surface area (Å²) in [6, 6.07) is 0. The zero-order valence-corrected chi connectivity index (χ0v) is 16.5. The molecule has 3 saturated heterocycles. The number of piperidine rings is 1. The monoisotopic (exact) mass is 457 g/mol. The van der Waals surface area contributed by atoms with E-state index in [0.29, 0.717) is 0 Å². The lowest BCUT2D eigenvalue weighted by Gasteiger charge is -2.47. The molecule has 0 bridgehead atoms. The summed E-state index contributed by atoms with van der Waals surface area (Å²) in [6.45, 7) is -1.17. The highest BCUT2D eigenvalue weighted by atomic mass is 16.7. The van der Waals surface area contributed by atoms with Crippen LogP contribution in [0.2, 0.25) is 0 Å². The summed E-state index contributed by atoms with van der Waals surface area (Å²) in [5.41, 5.74) is 0. The number of hydrogen-bond acceptors (Lipinski definition) is 14. The van der Waals surface area contributed by atoms with Gasteiger partial charge < -0.3 is 70.2 Å². The average molecular weight is 457 g/mol. The Morgan fingerprint density at radius 3 is 1.65 bits per heavy atom. The Balaban J connectivity index is 1.69. The lowest BCUT2D eigenvalue weighted by atomic mass is 9.96. The van der Waals surface area contributed by atoms with Gasteiger partial charge >= 0.3 is 0 Å². The molecular formula is C17H31NO13. The molecule has 3 aliphatic rings. The number of hydrogen-bond donors (Lipinski definition) is 10. The third kappa shape index (κ3) is 5.18. The van der Waals surface area contributed by atoms with Crippen molar-refractivity contribution in [3.8, 4) is 0 Å². The summed E-state index contributed by atoms with van der Waals surface area (Å²) in [5, 5.41) is 92.6. The van der Waals surface area contributed by atoms with E-state index < -0.39 is 92.9 Å². The third-order valence-electron chi connectivity index (χ3n) is 5.72. The molecule has 3 heterocycles. The highest BCUT2D eigenvalue weighted by molar-refractivity contribution is 4.95. The van der Waals surface area contributed by atoms with E-state index in [1.807, 2.05) is 0 Å². The van der Waals surface area contributed by atoms with Gasteiger partial charge in [0.2, 0.25) is 0 Å². The molecule has 0 aromatic heterocycles. The number of β-amino-alcohol motifs (C(OH)–C–C–N with tert-alkyl or cyclic N) is 2. The van der Waals surface area contributed by atoms with Gasteiger partial charge in [-0.3, -0.25) is 0 Å². The van der Waals surface area contributed by atoms with Crippen LogP contribution < -0.4 is 5.32 Å². The molecule has 0 amide bonds. The zero-order chi connectivity index (χ0) is 22.9. The van der Waals surface area contributed by atoms with Crippen LogP contribution in [-0.2, 0) is 18.9 Å². The predicted molar refractivity (Wildman–Crippen MR) is 96.2 cm³/mol. The first-order chi connectivity index (χ1) is 14.7. The molecule has 14 nitrogen and oxygen atoms in total. The molecule has 0 spiro atoms. The molecule has 3 rings (SSSR count). The Morgan fingerprint density at radius 1 is 0.613 bits per heavy atom. The van der Waals surface area contributed by atoms with Crippen LogP contribution in [0.4, 0.5) is 0 Å². The van der Waals surface area contributed by atoms with E-state index in [4.69, 9.17) is 18.9 Å². The fourth-order valence-corrected chi connectivity index (χ4v) is 3.87. The summed E-state index contributed by atoms with van der Waals surface area (Å²) >= 11 is 0. The fraction of sp³-hybridized carbons (Fsp3) is 1.00. The molecule has 12 atom stereocenters. The maximum Gasteiger partial charge on any atom is 0.187 e. The second-order valence-electron chi connectivity index (χ2n) is 7.90. The molecule has 10 N–H and O–H groups in total. The molecule has 182 valence electrons. The van der Waals surface area contributed by atoms with E-state index in [0.717, 1.165) is 0 Å². The summed E-state index contributed by atoms with van der Waals surface area (Å²) in [5.74, 6) is 0. The SMILES string of the molecule is OC[C@H]1O[C@H](O[C@H]2[C@H](O)[C@@H](O)[C@@H](OC3[C@H](O)CNC[C@H]3O)O[C@@H]2CO)[C@H](O)[C@@H](O)[C@@H]1O. The van der Waals surface area contributed by atoms with Crippen LogP contribution in [0, 0.1) is 0 Å². The first-order valence-corrected chi connectivity index (χ1v) is 10.00. The summed E-state index contributed by atoms with van der Waals surface area (Å²) in [4.78, 5) is 0. The van der Waals surface area contributed by atoms with Crippen molar-refractivity contribution in [2.24, 2.45) is 0 Å². The van der Waals surface area contributed by atoms with E-state index in [1.165, 1.54) is 0 Å². The van der Waals surface area contributed by atoms with E-state index in [9.17, 15) is 46.0 Å². The number of aliphatic hydroxyl groups excluding tert-OH is 9. The van der Waals surface area contributed by atoms with Crippen molar-refractivity contribution < 1.29 is 64.9 Å². The van der Waals surface area contributed by atoms with Gasteiger partial charge in [0.25, 0.3) is 0 Å². The molecule has 14 heteroatoms. The Morgan fingerprint density at radius 2 is 1.10 bits per heavy atom. The molecule has 3 aliphatic heterocycles. The van der Waals surface area contributed by atoms with Gasteiger partial charge in [-0.1, -0.05) is 0 Å². The van der Waals surface area contributed by atoms with Crippen LogP contribution in [0.15, 0.2) is 0 Å². The molecular weight excluding hydrogens is 426 g/mol. The second-order valence-corrected chi connectivity index (χ2v) is 7.90. The number of rotatable bonds is 6. The first kappa shape index (κ1) is 25.1. The van der Waals surface area contributed by atoms with Gasteiger partial charge in [0.1, 0.15) is 54.9 Å². The third-order valence-corrected chi connectivity index (χ3v) is 5.72. The molecule has 0 aromatic carbocycles. The van der Waals surface area contributed by atoms with Crippen molar-refractivity contribution in [2.45, 2.75) is 79.7 Å². The highest BCUT2D eigenvalue weighted by Gasteiger charge is 2.51. The largest absolute Gasteiger partial charge is 0.394 e. The minimum absolute atomic E-state index is 0.124. The predicted octanol–water partition coefficient (Wildman–Crippen LogP) is -6.68. The van der Waals surface area contributed by atoms with Crippen molar-refractivity contribution in [3.63, 3.8) is 0 Å². The number of ether oxygens (including phenoxy) is 4. The van der Waals surface area contributed by atoms with E-state index in [-0.39, 0.29) is 13.1 Å². The van der Waals surface area contributed by atoms with Crippen LogP contribution in [-0.4, -0.2) is 152 Å². The standard InChI is InChI=1S/C17H31NO13/c19-3-7-9(23)10(24)12(26)16(28-7)31-15-8(4-20)29-17(13(27)11(15)25)30-14-5(21)1-18-2-6(14)22/h5-27H,1-4H2/t5-,6-,7-,8-,9-,10+,11-,12-,13-,15-,16-,17-/m1/s1. The van der Waals surface area contributed by atoms with Crippen LogP contribution in [0.5, 0.6) is 0 Å². The Bertz CT molecular complexity index is 558. The summed E-state index contributed by atoms with van der Waals surface area (Å²) < 4.78 is 21.6. The molecule has 31 heavy (non-hydrogen) atoms. The van der Waals surface area contributed by atoms with Crippen molar-refractivity contribution in [3.05, 3.63) is 0 Å². The zero-order valence-electron chi connectivity index (χ0n) is 16.5. The smallest absolute Gasteiger partial charge is 0.187 e. The van der Waals surface area contributed by atoms with E-state index >= 15 is 0 Å². The molecule has 0 aliphatic carbocycles. The number of nitrogens with one attached hydrogen (secondary N) is 1. The van der Waals surface area contributed by atoms with E-state index in [1.54, 1.807) is 0 Å². The van der Waals surface area contributed by atoms with Gasteiger partial charge in [0.15, 0.2) is 12.6 Å². The van der Waals surface area contributed by atoms with Crippen molar-refractivity contribution in [1.82, 2.24) is 5.32 Å². The lowest BCUT2D eigenvalue weighted by molar-refractivity contribution is -0.367. The molecule has 0 radical (unpaired) electrons. The fourth-order valence-electron chi connectivity index (χ4n) is 3.87. The van der Waals surface area contributed by atoms with E-state index in [2.05, 4.69) is 5.32 Å². The van der Waals surface area contributed by atoms with Gasteiger partial charge in [-0.2, -0.15) is 0 Å². The average Bonchev–Trinajstić information content (AvgIpc) is 2.75. The topological polar surface area (TPSA) is 231 Å². The van der Waals surface area contributed by atoms with Gasteiger partial charge in [0.05, 0.1) is 25.4 Å². The van der Waals surface area contributed by atoms with Crippen molar-refractivity contribution >= 4 is 0 Å². The van der Waals surface area contributed by atoms with Crippen LogP contribution in [0.25, 0.3) is 0 Å². The highest BCUT2D eigenvalue weighted by Crippen LogP contribution is 2.30. The maximum atomic E-state index is 10.5. The number of aliphatic hydroxyl groups is 9. The lowest BCUT2D eigenvalue weighted by Crippen LogP contribution is -2.66. The summed E-state index contributed by atoms with van der Waals surface area (Å²) in [7, 11) is 0. The minimum atomic E-state index is -1.77. The van der Waals surface area contributed by atoms with Crippen molar-refractivity contribution in [2.75, 3.05) is 26.3 Å².